The van der Waals surface area contributed by atoms with E-state index >= 15 is 0 Å². The number of carbonyl (C=O) groups excluding carboxylic acids is 1. The second-order valence-corrected chi connectivity index (χ2v) is 9.87. The molecular formula is C26H35NO3. The molecule has 1 unspecified atom stereocenters. The lowest BCUT2D eigenvalue weighted by Crippen LogP contribution is -2.21. The smallest absolute Gasteiger partial charge is 0.225 e. The van der Waals surface area contributed by atoms with Gasteiger partial charge in [0.15, 0.2) is 0 Å². The molecule has 0 saturated heterocycles. The molecule has 0 saturated carbocycles. The van der Waals surface area contributed by atoms with Gasteiger partial charge >= 0.3 is 0 Å². The number of carbonyl (C=O) groups is 1. The number of nitrogens with one attached hydrogen (secondary N) is 1. The van der Waals surface area contributed by atoms with E-state index in [9.17, 15) is 4.79 Å². The number of rotatable bonds is 5. The Balaban J connectivity index is 2.05. The normalized spacial score (nSPS) is 15.7. The highest BCUT2D eigenvalue weighted by atomic mass is 16.5. The molecule has 3 rings (SSSR count). The van der Waals surface area contributed by atoms with Gasteiger partial charge in [0.1, 0.15) is 11.5 Å². The van der Waals surface area contributed by atoms with Crippen molar-refractivity contribution in [1.82, 2.24) is 0 Å². The zero-order chi connectivity index (χ0) is 22.2. The van der Waals surface area contributed by atoms with Gasteiger partial charge in [-0.05, 0) is 47.4 Å². The van der Waals surface area contributed by atoms with E-state index < -0.39 is 0 Å². The fourth-order valence-electron chi connectivity index (χ4n) is 4.12. The lowest BCUT2D eigenvalue weighted by molar-refractivity contribution is -0.117. The average Bonchev–Trinajstić information content (AvgIpc) is 3.09. The Hall–Kier alpha value is -2.49. The van der Waals surface area contributed by atoms with E-state index in [2.05, 4.69) is 71.1 Å². The van der Waals surface area contributed by atoms with Gasteiger partial charge < -0.3 is 14.8 Å². The third-order valence-electron chi connectivity index (χ3n) is 5.90. The SMILES string of the molecule is COc1c(NC(=O)CC(C)(C)C)c(C)c(C)c2c1C(c1ccc(C(C)C)cc1)CO2. The molecule has 1 N–H and O–H groups in total. The lowest BCUT2D eigenvalue weighted by atomic mass is 9.87. The van der Waals surface area contributed by atoms with E-state index in [4.69, 9.17) is 9.47 Å². The molecule has 0 aliphatic carbocycles. The van der Waals surface area contributed by atoms with Crippen LogP contribution in [0.15, 0.2) is 24.3 Å². The minimum Gasteiger partial charge on any atom is -0.494 e. The number of fused-ring (bicyclic) bond motifs is 1. The van der Waals surface area contributed by atoms with Crippen molar-refractivity contribution in [1.29, 1.82) is 0 Å². The van der Waals surface area contributed by atoms with Crippen LogP contribution in [0.2, 0.25) is 0 Å². The quantitative estimate of drug-likeness (QED) is 0.627. The van der Waals surface area contributed by atoms with Crippen molar-refractivity contribution >= 4 is 11.6 Å². The van der Waals surface area contributed by atoms with Crippen molar-refractivity contribution in [2.24, 2.45) is 5.41 Å². The van der Waals surface area contributed by atoms with Crippen LogP contribution in [0.1, 0.15) is 80.7 Å². The number of hydrogen-bond donors (Lipinski definition) is 1. The fourth-order valence-corrected chi connectivity index (χ4v) is 4.12. The van der Waals surface area contributed by atoms with E-state index in [-0.39, 0.29) is 17.2 Å². The minimum absolute atomic E-state index is 0.00000150. The van der Waals surface area contributed by atoms with Crippen molar-refractivity contribution in [3.63, 3.8) is 0 Å². The Kier molecular flexibility index (Phi) is 6.16. The van der Waals surface area contributed by atoms with Crippen LogP contribution in [0.4, 0.5) is 5.69 Å². The molecule has 1 aliphatic rings. The molecule has 2 aromatic rings. The van der Waals surface area contributed by atoms with Gasteiger partial charge in [-0.15, -0.1) is 0 Å². The second kappa shape index (κ2) is 8.33. The summed E-state index contributed by atoms with van der Waals surface area (Å²) in [7, 11) is 1.67. The summed E-state index contributed by atoms with van der Waals surface area (Å²) in [5, 5.41) is 3.13. The van der Waals surface area contributed by atoms with Crippen LogP contribution >= 0.6 is 0 Å². The Morgan fingerprint density at radius 2 is 1.80 bits per heavy atom. The summed E-state index contributed by atoms with van der Waals surface area (Å²) in [5.41, 5.74) is 6.27. The molecule has 2 aromatic carbocycles. The van der Waals surface area contributed by atoms with Gasteiger partial charge in [-0.25, -0.2) is 0 Å². The van der Waals surface area contributed by atoms with Crippen molar-refractivity contribution < 1.29 is 14.3 Å². The summed E-state index contributed by atoms with van der Waals surface area (Å²) >= 11 is 0. The molecule has 162 valence electrons. The monoisotopic (exact) mass is 409 g/mol. The van der Waals surface area contributed by atoms with Crippen molar-refractivity contribution in [3.05, 3.63) is 52.1 Å². The molecule has 1 aliphatic heterocycles. The minimum atomic E-state index is -0.0825. The van der Waals surface area contributed by atoms with Crippen molar-refractivity contribution in [2.75, 3.05) is 19.0 Å². The highest BCUT2D eigenvalue weighted by molar-refractivity contribution is 5.95. The molecule has 0 bridgehead atoms. The first kappa shape index (κ1) is 22.2. The van der Waals surface area contributed by atoms with Crippen LogP contribution in [-0.2, 0) is 4.79 Å². The van der Waals surface area contributed by atoms with E-state index in [1.807, 2.05) is 6.92 Å². The lowest BCUT2D eigenvalue weighted by Gasteiger charge is -2.23. The zero-order valence-corrected chi connectivity index (χ0v) is 19.6. The maximum absolute atomic E-state index is 12.7. The van der Waals surface area contributed by atoms with Crippen LogP contribution in [-0.4, -0.2) is 19.6 Å². The van der Waals surface area contributed by atoms with Crippen molar-refractivity contribution in [3.8, 4) is 11.5 Å². The summed E-state index contributed by atoms with van der Waals surface area (Å²) in [6.45, 7) is 15.2. The van der Waals surface area contributed by atoms with E-state index in [0.29, 0.717) is 24.7 Å². The average molecular weight is 410 g/mol. The first-order valence-electron chi connectivity index (χ1n) is 10.8. The van der Waals surface area contributed by atoms with Crippen LogP contribution in [0.25, 0.3) is 0 Å². The van der Waals surface area contributed by atoms with Crippen LogP contribution < -0.4 is 14.8 Å². The molecule has 0 spiro atoms. The Morgan fingerprint density at radius 1 is 1.17 bits per heavy atom. The molecule has 0 fully saturated rings. The summed E-state index contributed by atoms with van der Waals surface area (Å²) in [6.07, 6.45) is 0.447. The molecule has 0 aromatic heterocycles. The predicted molar refractivity (Wildman–Crippen MR) is 123 cm³/mol. The number of benzene rings is 2. The maximum atomic E-state index is 12.7. The standard InChI is InChI=1S/C26H35NO3/c1-15(2)18-9-11-19(12-10-18)20-14-30-24-17(4)16(3)23(25(29-8)22(20)24)27-21(28)13-26(5,6)7/h9-12,15,20H,13-14H2,1-8H3,(H,27,28). The van der Waals surface area contributed by atoms with Gasteiger partial charge in [0.2, 0.25) is 5.91 Å². The molecule has 0 radical (unpaired) electrons. The number of amides is 1. The first-order chi connectivity index (χ1) is 14.0. The third-order valence-corrected chi connectivity index (χ3v) is 5.90. The van der Waals surface area contributed by atoms with Crippen LogP contribution in [0.3, 0.4) is 0 Å². The van der Waals surface area contributed by atoms with E-state index in [0.717, 1.165) is 28.1 Å². The molecule has 1 amide bonds. The summed E-state index contributed by atoms with van der Waals surface area (Å²) in [5.74, 6) is 2.17. The molecule has 30 heavy (non-hydrogen) atoms. The predicted octanol–water partition coefficient (Wildman–Crippen LogP) is 6.33. The number of anilines is 1. The maximum Gasteiger partial charge on any atom is 0.225 e. The largest absolute Gasteiger partial charge is 0.494 e. The molecule has 4 nitrogen and oxygen atoms in total. The van der Waals surface area contributed by atoms with E-state index in [1.54, 1.807) is 7.11 Å². The van der Waals surface area contributed by atoms with E-state index in [1.165, 1.54) is 11.1 Å². The van der Waals surface area contributed by atoms with Gasteiger partial charge in [-0.1, -0.05) is 58.9 Å². The molecular weight excluding hydrogens is 374 g/mol. The number of ether oxygens (including phenoxy) is 2. The third kappa shape index (κ3) is 4.33. The zero-order valence-electron chi connectivity index (χ0n) is 19.6. The second-order valence-electron chi connectivity index (χ2n) is 9.87. The summed E-state index contributed by atoms with van der Waals surface area (Å²) in [4.78, 5) is 12.7. The first-order valence-corrected chi connectivity index (χ1v) is 10.8. The van der Waals surface area contributed by atoms with Gasteiger partial charge in [0.05, 0.1) is 25.3 Å². The summed E-state index contributed by atoms with van der Waals surface area (Å²) < 4.78 is 12.0. The highest BCUT2D eigenvalue weighted by Gasteiger charge is 2.34. The number of methoxy groups -OCH3 is 1. The molecule has 4 heteroatoms. The van der Waals surface area contributed by atoms with Gasteiger partial charge in [0.25, 0.3) is 0 Å². The van der Waals surface area contributed by atoms with Crippen LogP contribution in [0.5, 0.6) is 11.5 Å². The Morgan fingerprint density at radius 3 is 2.33 bits per heavy atom. The molecule has 1 atom stereocenters. The summed E-state index contributed by atoms with van der Waals surface area (Å²) in [6, 6.07) is 8.75. The number of hydrogen-bond acceptors (Lipinski definition) is 3. The van der Waals surface area contributed by atoms with Crippen LogP contribution in [0, 0.1) is 19.3 Å². The topological polar surface area (TPSA) is 47.6 Å². The van der Waals surface area contributed by atoms with Gasteiger partial charge in [-0.3, -0.25) is 4.79 Å². The van der Waals surface area contributed by atoms with Gasteiger partial charge in [-0.2, -0.15) is 0 Å². The Bertz CT molecular complexity index is 936. The van der Waals surface area contributed by atoms with Crippen molar-refractivity contribution in [2.45, 2.75) is 66.7 Å². The fraction of sp³-hybridized carbons (Fsp3) is 0.500. The van der Waals surface area contributed by atoms with Gasteiger partial charge in [0, 0.05) is 12.0 Å². The highest BCUT2D eigenvalue weighted by Crippen LogP contribution is 2.51. The molecule has 1 heterocycles. The Labute approximate surface area is 181 Å².